The lowest BCUT2D eigenvalue weighted by atomic mass is 9.77. The van der Waals surface area contributed by atoms with Crippen molar-refractivity contribution in [2.24, 2.45) is 5.41 Å². The topological polar surface area (TPSA) is 29.1 Å². The van der Waals surface area contributed by atoms with Gasteiger partial charge in [-0.2, -0.15) is 0 Å². The number of ketones is 1. The zero-order valence-electron chi connectivity index (χ0n) is 10.1. The molecular weight excluding hydrogens is 325 g/mol. The van der Waals surface area contributed by atoms with Gasteiger partial charge in [-0.1, -0.05) is 19.1 Å². The van der Waals surface area contributed by atoms with Crippen LogP contribution in [-0.4, -0.2) is 18.9 Å². The number of nitrogens with one attached hydrogen (secondary N) is 1. The summed E-state index contributed by atoms with van der Waals surface area (Å²) in [7, 11) is 0. The predicted octanol–water partition coefficient (Wildman–Crippen LogP) is 2.79. The van der Waals surface area contributed by atoms with E-state index in [1.54, 1.807) is 0 Å². The molecule has 1 N–H and O–H groups in total. The molecule has 1 aromatic rings. The molecule has 2 rings (SSSR count). The Morgan fingerprint density at radius 3 is 2.71 bits per heavy atom. The van der Waals surface area contributed by atoms with E-state index >= 15 is 0 Å². The van der Waals surface area contributed by atoms with E-state index in [2.05, 4.69) is 59.1 Å². The fraction of sp³-hybridized carbons (Fsp3) is 0.500. The Morgan fingerprint density at radius 2 is 2.12 bits per heavy atom. The number of hydrogen-bond acceptors (Lipinski definition) is 2. The van der Waals surface area contributed by atoms with Crippen molar-refractivity contribution in [2.75, 3.05) is 13.1 Å². The molecule has 0 radical (unpaired) electrons. The van der Waals surface area contributed by atoms with Crippen molar-refractivity contribution in [1.82, 2.24) is 5.32 Å². The average molecular weight is 343 g/mol. The fourth-order valence-electron chi connectivity index (χ4n) is 2.30. The number of benzene rings is 1. The van der Waals surface area contributed by atoms with Crippen LogP contribution in [0.5, 0.6) is 0 Å². The minimum absolute atomic E-state index is 0.165. The lowest BCUT2D eigenvalue weighted by Crippen LogP contribution is -2.44. The number of hydrogen-bond donors (Lipinski definition) is 1. The van der Waals surface area contributed by atoms with E-state index in [1.807, 2.05) is 0 Å². The second kappa shape index (κ2) is 5.48. The van der Waals surface area contributed by atoms with Crippen molar-refractivity contribution >= 4 is 28.4 Å². The van der Waals surface area contributed by atoms with E-state index in [-0.39, 0.29) is 5.41 Å². The second-order valence-corrected chi connectivity index (χ2v) is 6.31. The third-order valence-electron chi connectivity index (χ3n) is 3.55. The van der Waals surface area contributed by atoms with Crippen LogP contribution in [0.15, 0.2) is 24.3 Å². The van der Waals surface area contributed by atoms with E-state index in [9.17, 15) is 4.79 Å². The standard InChI is InChI=1S/C14H18INO/c1-14(7-2-8-16-10-14)13(17)9-11-3-5-12(15)6-4-11/h3-6,16H,2,7-10H2,1H3. The number of carbonyl (C=O) groups is 1. The third-order valence-corrected chi connectivity index (χ3v) is 4.27. The molecule has 2 nitrogen and oxygen atoms in total. The summed E-state index contributed by atoms with van der Waals surface area (Å²) >= 11 is 2.28. The van der Waals surface area contributed by atoms with Gasteiger partial charge in [0.05, 0.1) is 0 Å². The van der Waals surface area contributed by atoms with Gasteiger partial charge in [0.15, 0.2) is 0 Å². The smallest absolute Gasteiger partial charge is 0.144 e. The van der Waals surface area contributed by atoms with Crippen LogP contribution in [0.3, 0.4) is 0 Å². The van der Waals surface area contributed by atoms with Crippen LogP contribution >= 0.6 is 22.6 Å². The minimum Gasteiger partial charge on any atom is -0.316 e. The molecule has 3 heteroatoms. The summed E-state index contributed by atoms with van der Waals surface area (Å²) in [5.74, 6) is 0.367. The summed E-state index contributed by atoms with van der Waals surface area (Å²) in [4.78, 5) is 12.3. The molecule has 0 spiro atoms. The average Bonchev–Trinajstić information content (AvgIpc) is 2.33. The Balaban J connectivity index is 2.03. The Kier molecular flexibility index (Phi) is 4.20. The maximum atomic E-state index is 12.3. The van der Waals surface area contributed by atoms with Crippen LogP contribution in [0.2, 0.25) is 0 Å². The summed E-state index contributed by atoms with van der Waals surface area (Å²) in [6.07, 6.45) is 2.69. The van der Waals surface area contributed by atoms with Gasteiger partial charge in [-0.05, 0) is 59.7 Å². The Hall–Kier alpha value is -0.420. The van der Waals surface area contributed by atoms with Crippen molar-refractivity contribution in [1.29, 1.82) is 0 Å². The first-order chi connectivity index (χ1) is 8.10. The summed E-state index contributed by atoms with van der Waals surface area (Å²) in [6, 6.07) is 8.23. The number of halogens is 1. The summed E-state index contributed by atoms with van der Waals surface area (Å²) in [5.41, 5.74) is 0.962. The predicted molar refractivity (Wildman–Crippen MR) is 78.1 cm³/mol. The third kappa shape index (κ3) is 3.28. The highest BCUT2D eigenvalue weighted by Crippen LogP contribution is 2.28. The van der Waals surface area contributed by atoms with Crippen LogP contribution < -0.4 is 5.32 Å². The molecule has 1 aromatic carbocycles. The van der Waals surface area contributed by atoms with Gasteiger partial charge in [0, 0.05) is 22.0 Å². The van der Waals surface area contributed by atoms with Gasteiger partial charge in [-0.25, -0.2) is 0 Å². The Labute approximate surface area is 116 Å². The molecule has 1 aliphatic heterocycles. The Morgan fingerprint density at radius 1 is 1.41 bits per heavy atom. The molecule has 0 aromatic heterocycles. The second-order valence-electron chi connectivity index (χ2n) is 5.07. The maximum absolute atomic E-state index is 12.3. The van der Waals surface area contributed by atoms with Gasteiger partial charge in [0.1, 0.15) is 5.78 Å². The van der Waals surface area contributed by atoms with Gasteiger partial charge in [-0.15, -0.1) is 0 Å². The molecule has 0 bridgehead atoms. The molecule has 1 fully saturated rings. The zero-order chi connectivity index (χ0) is 12.3. The van der Waals surface area contributed by atoms with Crippen molar-refractivity contribution in [2.45, 2.75) is 26.2 Å². The van der Waals surface area contributed by atoms with Crippen LogP contribution in [0.4, 0.5) is 0 Å². The van der Waals surface area contributed by atoms with Crippen LogP contribution in [-0.2, 0) is 11.2 Å². The van der Waals surface area contributed by atoms with Crippen molar-refractivity contribution in [3.63, 3.8) is 0 Å². The monoisotopic (exact) mass is 343 g/mol. The maximum Gasteiger partial charge on any atom is 0.144 e. The lowest BCUT2D eigenvalue weighted by Gasteiger charge is -2.32. The molecule has 1 aliphatic rings. The zero-order valence-corrected chi connectivity index (χ0v) is 12.3. The first kappa shape index (κ1) is 13.0. The number of rotatable bonds is 3. The van der Waals surface area contributed by atoms with E-state index < -0.39 is 0 Å². The van der Waals surface area contributed by atoms with E-state index in [0.717, 1.165) is 31.5 Å². The first-order valence-corrected chi connectivity index (χ1v) is 7.16. The summed E-state index contributed by atoms with van der Waals surface area (Å²) in [6.45, 7) is 3.97. The number of Topliss-reactive ketones (excluding diaryl/α,β-unsaturated/α-hetero) is 1. The van der Waals surface area contributed by atoms with Crippen LogP contribution in [0.25, 0.3) is 0 Å². The molecule has 0 saturated carbocycles. The van der Waals surface area contributed by atoms with Gasteiger partial charge >= 0.3 is 0 Å². The molecule has 0 amide bonds. The summed E-state index contributed by atoms with van der Waals surface area (Å²) < 4.78 is 1.21. The minimum atomic E-state index is -0.165. The largest absolute Gasteiger partial charge is 0.316 e. The number of carbonyl (C=O) groups excluding carboxylic acids is 1. The van der Waals surface area contributed by atoms with Gasteiger partial charge in [-0.3, -0.25) is 4.79 Å². The van der Waals surface area contributed by atoms with E-state index in [0.29, 0.717) is 12.2 Å². The molecule has 17 heavy (non-hydrogen) atoms. The van der Waals surface area contributed by atoms with E-state index in [1.165, 1.54) is 3.57 Å². The molecule has 0 aliphatic carbocycles. The number of piperidine rings is 1. The first-order valence-electron chi connectivity index (χ1n) is 6.09. The van der Waals surface area contributed by atoms with Crippen LogP contribution in [0.1, 0.15) is 25.3 Å². The molecular formula is C14H18INO. The fourth-order valence-corrected chi connectivity index (χ4v) is 2.65. The van der Waals surface area contributed by atoms with Crippen molar-refractivity contribution in [3.8, 4) is 0 Å². The van der Waals surface area contributed by atoms with Crippen molar-refractivity contribution < 1.29 is 4.79 Å². The SMILES string of the molecule is CC1(C(=O)Cc2ccc(I)cc2)CCCNC1. The molecule has 1 saturated heterocycles. The van der Waals surface area contributed by atoms with Crippen LogP contribution in [0, 0.1) is 8.99 Å². The van der Waals surface area contributed by atoms with Crippen molar-refractivity contribution in [3.05, 3.63) is 33.4 Å². The summed E-state index contributed by atoms with van der Waals surface area (Å²) in [5, 5.41) is 3.33. The van der Waals surface area contributed by atoms with Gasteiger partial charge in [0.2, 0.25) is 0 Å². The van der Waals surface area contributed by atoms with Gasteiger partial charge in [0.25, 0.3) is 0 Å². The Bertz CT molecular complexity index is 393. The quantitative estimate of drug-likeness (QED) is 0.856. The van der Waals surface area contributed by atoms with E-state index in [4.69, 9.17) is 0 Å². The highest BCUT2D eigenvalue weighted by Gasteiger charge is 2.33. The highest BCUT2D eigenvalue weighted by atomic mass is 127. The normalized spacial score (nSPS) is 24.6. The molecule has 92 valence electrons. The molecule has 1 unspecified atom stereocenters. The molecule has 1 heterocycles. The molecule has 1 atom stereocenters. The highest BCUT2D eigenvalue weighted by molar-refractivity contribution is 14.1. The lowest BCUT2D eigenvalue weighted by molar-refractivity contribution is -0.128. The van der Waals surface area contributed by atoms with Gasteiger partial charge < -0.3 is 5.32 Å².